The van der Waals surface area contributed by atoms with Crippen LogP contribution in [0.4, 0.5) is 0 Å². The maximum Gasteiger partial charge on any atom is 0.312 e. The Balaban J connectivity index is 1.66. The standard InChI is InChI=1S/C23H22O5/c24-15-6-4-14(5-7-15)17-12-20(26)27-19-9-8-16-18(25)13-23(10-2-1-3-11-23)28-22(16)21(17)19/h4-9,17,24H,1-3,10-13H2/t17-/m1/s1. The van der Waals surface area contributed by atoms with Gasteiger partial charge in [0.25, 0.3) is 0 Å². The molecule has 0 amide bonds. The van der Waals surface area contributed by atoms with E-state index in [1.807, 2.05) is 12.1 Å². The van der Waals surface area contributed by atoms with E-state index in [2.05, 4.69) is 0 Å². The van der Waals surface area contributed by atoms with Crippen molar-refractivity contribution in [2.75, 3.05) is 0 Å². The molecule has 144 valence electrons. The van der Waals surface area contributed by atoms with E-state index in [1.165, 1.54) is 6.42 Å². The molecule has 1 N–H and O–H groups in total. The summed E-state index contributed by atoms with van der Waals surface area (Å²) >= 11 is 0. The summed E-state index contributed by atoms with van der Waals surface area (Å²) in [6.07, 6.45) is 5.66. The molecule has 2 aromatic rings. The molecule has 1 aliphatic carbocycles. The minimum atomic E-state index is -0.432. The lowest BCUT2D eigenvalue weighted by atomic mass is 9.76. The molecule has 0 bridgehead atoms. The largest absolute Gasteiger partial charge is 0.508 e. The highest BCUT2D eigenvalue weighted by Gasteiger charge is 2.44. The minimum Gasteiger partial charge on any atom is -0.508 e. The van der Waals surface area contributed by atoms with Crippen molar-refractivity contribution in [1.82, 2.24) is 0 Å². The molecule has 5 rings (SSSR count). The van der Waals surface area contributed by atoms with Crippen molar-refractivity contribution in [3.8, 4) is 17.2 Å². The molecule has 0 unspecified atom stereocenters. The van der Waals surface area contributed by atoms with Gasteiger partial charge in [-0.1, -0.05) is 18.6 Å². The van der Waals surface area contributed by atoms with Gasteiger partial charge in [-0.15, -0.1) is 0 Å². The lowest BCUT2D eigenvalue weighted by Gasteiger charge is -2.42. The minimum absolute atomic E-state index is 0.104. The summed E-state index contributed by atoms with van der Waals surface area (Å²) < 4.78 is 12.1. The van der Waals surface area contributed by atoms with Gasteiger partial charge in [-0.05, 0) is 55.5 Å². The van der Waals surface area contributed by atoms with E-state index in [4.69, 9.17) is 9.47 Å². The maximum absolute atomic E-state index is 13.0. The fourth-order valence-electron chi connectivity index (χ4n) is 4.87. The van der Waals surface area contributed by atoms with Gasteiger partial charge in [-0.3, -0.25) is 9.59 Å². The van der Waals surface area contributed by atoms with Gasteiger partial charge in [0.05, 0.1) is 18.4 Å². The number of fused-ring (bicyclic) bond motifs is 3. The van der Waals surface area contributed by atoms with Crippen LogP contribution in [0.25, 0.3) is 0 Å². The highest BCUT2D eigenvalue weighted by molar-refractivity contribution is 6.01. The van der Waals surface area contributed by atoms with Gasteiger partial charge in [-0.25, -0.2) is 0 Å². The fourth-order valence-corrected chi connectivity index (χ4v) is 4.87. The monoisotopic (exact) mass is 378 g/mol. The van der Waals surface area contributed by atoms with Crippen LogP contribution in [0.1, 0.15) is 72.3 Å². The number of carbonyl (C=O) groups excluding carboxylic acids is 2. The first-order chi connectivity index (χ1) is 13.5. The zero-order valence-corrected chi connectivity index (χ0v) is 15.6. The van der Waals surface area contributed by atoms with E-state index in [0.29, 0.717) is 23.5 Å². The predicted molar refractivity (Wildman–Crippen MR) is 102 cm³/mol. The number of esters is 1. The van der Waals surface area contributed by atoms with Crippen LogP contribution in [0.5, 0.6) is 17.2 Å². The van der Waals surface area contributed by atoms with Crippen molar-refractivity contribution in [2.45, 2.75) is 56.5 Å². The van der Waals surface area contributed by atoms with Crippen LogP contribution in [0.2, 0.25) is 0 Å². The number of phenolic OH excluding ortho intramolecular Hbond substituents is 1. The van der Waals surface area contributed by atoms with Crippen LogP contribution in [-0.2, 0) is 4.79 Å². The molecule has 5 heteroatoms. The summed E-state index contributed by atoms with van der Waals surface area (Å²) in [5, 5.41) is 9.63. The Morgan fingerprint density at radius 3 is 2.46 bits per heavy atom. The van der Waals surface area contributed by atoms with Crippen molar-refractivity contribution in [3.63, 3.8) is 0 Å². The molecule has 0 saturated heterocycles. The average molecular weight is 378 g/mol. The summed E-state index contributed by atoms with van der Waals surface area (Å²) in [4.78, 5) is 25.2. The molecule has 1 spiro atoms. The van der Waals surface area contributed by atoms with Crippen molar-refractivity contribution in [3.05, 3.63) is 53.1 Å². The molecule has 2 aromatic carbocycles. The first-order valence-corrected chi connectivity index (χ1v) is 9.93. The summed E-state index contributed by atoms with van der Waals surface area (Å²) in [5.41, 5.74) is 1.82. The quantitative estimate of drug-likeness (QED) is 0.584. The topological polar surface area (TPSA) is 72.8 Å². The number of aromatic hydroxyl groups is 1. The Hall–Kier alpha value is -2.82. The van der Waals surface area contributed by atoms with Crippen molar-refractivity contribution in [1.29, 1.82) is 0 Å². The van der Waals surface area contributed by atoms with Gasteiger partial charge in [0.1, 0.15) is 22.8 Å². The summed E-state index contributed by atoms with van der Waals surface area (Å²) in [6.45, 7) is 0. The van der Waals surface area contributed by atoms with E-state index in [1.54, 1.807) is 24.3 Å². The third-order valence-corrected chi connectivity index (χ3v) is 6.26. The van der Waals surface area contributed by atoms with Gasteiger partial charge >= 0.3 is 5.97 Å². The molecule has 5 nitrogen and oxygen atoms in total. The van der Waals surface area contributed by atoms with E-state index >= 15 is 0 Å². The highest BCUT2D eigenvalue weighted by atomic mass is 16.5. The molecule has 0 aromatic heterocycles. The third kappa shape index (κ3) is 2.77. The number of phenols is 1. The van der Waals surface area contributed by atoms with Crippen LogP contribution in [0, 0.1) is 0 Å². The van der Waals surface area contributed by atoms with Crippen LogP contribution >= 0.6 is 0 Å². The van der Waals surface area contributed by atoms with Crippen molar-refractivity contribution in [2.24, 2.45) is 0 Å². The second kappa shape index (κ2) is 6.36. The third-order valence-electron chi connectivity index (χ3n) is 6.26. The lowest BCUT2D eigenvalue weighted by molar-refractivity contribution is -0.135. The van der Waals surface area contributed by atoms with Gasteiger partial charge in [-0.2, -0.15) is 0 Å². The number of rotatable bonds is 1. The van der Waals surface area contributed by atoms with Gasteiger partial charge in [0.15, 0.2) is 5.78 Å². The second-order valence-electron chi connectivity index (χ2n) is 8.12. The zero-order valence-electron chi connectivity index (χ0n) is 15.6. The van der Waals surface area contributed by atoms with E-state index in [0.717, 1.165) is 36.8 Å². The van der Waals surface area contributed by atoms with E-state index < -0.39 is 5.60 Å². The van der Waals surface area contributed by atoms with Gasteiger partial charge < -0.3 is 14.6 Å². The fraction of sp³-hybridized carbons (Fsp3) is 0.391. The first-order valence-electron chi connectivity index (χ1n) is 9.93. The summed E-state index contributed by atoms with van der Waals surface area (Å²) in [6, 6.07) is 10.3. The Morgan fingerprint density at radius 2 is 1.71 bits per heavy atom. The Bertz CT molecular complexity index is 954. The van der Waals surface area contributed by atoms with Crippen molar-refractivity contribution >= 4 is 11.8 Å². The Kier molecular flexibility index (Phi) is 3.93. The number of hydrogen-bond acceptors (Lipinski definition) is 5. The summed E-state index contributed by atoms with van der Waals surface area (Å²) in [5.74, 6) is 0.755. The molecule has 0 radical (unpaired) electrons. The van der Waals surface area contributed by atoms with Crippen LogP contribution in [0.15, 0.2) is 36.4 Å². The second-order valence-corrected chi connectivity index (χ2v) is 8.12. The smallest absolute Gasteiger partial charge is 0.312 e. The molecule has 2 aliphatic heterocycles. The SMILES string of the molecule is O=C1C[C@H](c2ccc(O)cc2)c2c(ccc3c2OC2(CCCCC2)CC3=O)O1. The number of hydrogen-bond donors (Lipinski definition) is 1. The molecule has 1 atom stereocenters. The molecule has 28 heavy (non-hydrogen) atoms. The molecule has 3 aliphatic rings. The number of ketones is 1. The lowest BCUT2D eigenvalue weighted by Crippen LogP contribution is -2.44. The normalized spacial score (nSPS) is 22.8. The Labute approximate surface area is 163 Å². The number of Topliss-reactive ketones (excluding diaryl/α,β-unsaturated/α-hetero) is 1. The summed E-state index contributed by atoms with van der Waals surface area (Å²) in [7, 11) is 0. The predicted octanol–water partition coefficient (Wildman–Crippen LogP) is 4.50. The molecule has 1 fully saturated rings. The Morgan fingerprint density at radius 1 is 0.964 bits per heavy atom. The molecule has 1 saturated carbocycles. The molecular formula is C23H22O5. The number of ether oxygens (including phenoxy) is 2. The highest BCUT2D eigenvalue weighted by Crippen LogP contribution is 2.51. The van der Waals surface area contributed by atoms with E-state index in [9.17, 15) is 14.7 Å². The zero-order chi connectivity index (χ0) is 19.3. The molecular weight excluding hydrogens is 356 g/mol. The molecule has 2 heterocycles. The van der Waals surface area contributed by atoms with Gasteiger partial charge in [0.2, 0.25) is 0 Å². The maximum atomic E-state index is 13.0. The average Bonchev–Trinajstić information content (AvgIpc) is 2.68. The number of carbonyl (C=O) groups is 2. The first kappa shape index (κ1) is 17.3. The van der Waals surface area contributed by atoms with Crippen LogP contribution < -0.4 is 9.47 Å². The van der Waals surface area contributed by atoms with Crippen LogP contribution in [-0.4, -0.2) is 22.5 Å². The van der Waals surface area contributed by atoms with Crippen LogP contribution in [0.3, 0.4) is 0 Å². The van der Waals surface area contributed by atoms with Crippen molar-refractivity contribution < 1.29 is 24.2 Å². The number of benzene rings is 2. The van der Waals surface area contributed by atoms with E-state index in [-0.39, 0.29) is 29.8 Å². The van der Waals surface area contributed by atoms with Gasteiger partial charge in [0, 0.05) is 11.5 Å².